The van der Waals surface area contributed by atoms with Gasteiger partial charge in [-0.2, -0.15) is 0 Å². The first-order valence-corrected chi connectivity index (χ1v) is 5.78. The molecular weight excluding hydrogens is 233 g/mol. The summed E-state index contributed by atoms with van der Waals surface area (Å²) >= 11 is 6.33. The lowest BCUT2D eigenvalue weighted by Crippen LogP contribution is -2.28. The molecule has 0 aliphatic carbocycles. The molecule has 2 nitrogen and oxygen atoms in total. The molecule has 0 aromatic heterocycles. The van der Waals surface area contributed by atoms with Crippen molar-refractivity contribution in [1.82, 2.24) is 4.90 Å². The fourth-order valence-electron chi connectivity index (χ4n) is 1.33. The summed E-state index contributed by atoms with van der Waals surface area (Å²) in [5, 5.41) is 0. The second kappa shape index (κ2) is 4.28. The van der Waals surface area contributed by atoms with E-state index < -0.39 is 0 Å². The Balaban J connectivity index is 2.18. The molecule has 0 spiro atoms. The van der Waals surface area contributed by atoms with Gasteiger partial charge in [0.25, 0.3) is 0 Å². The predicted molar refractivity (Wildman–Crippen MR) is 62.0 cm³/mol. The van der Waals surface area contributed by atoms with Crippen LogP contribution in [0.25, 0.3) is 0 Å². The second-order valence-electron chi connectivity index (χ2n) is 3.13. The Labute approximate surface area is 96.5 Å². The van der Waals surface area contributed by atoms with Crippen LogP contribution < -0.4 is 0 Å². The predicted octanol–water partition coefficient (Wildman–Crippen LogP) is 2.19. The summed E-state index contributed by atoms with van der Waals surface area (Å²) in [4.78, 5) is 12.8. The Morgan fingerprint density at radius 3 is 2.80 bits per heavy atom. The van der Waals surface area contributed by atoms with Crippen molar-refractivity contribution in [3.05, 3.63) is 35.6 Å². The van der Waals surface area contributed by atoms with E-state index in [1.165, 1.54) is 22.7 Å². The number of thioether (sulfide) groups is 1. The van der Waals surface area contributed by atoms with Crippen molar-refractivity contribution in [1.29, 1.82) is 0 Å². The number of thiocarbonyl (C=S) groups is 1. The maximum atomic E-state index is 13.3. The van der Waals surface area contributed by atoms with E-state index >= 15 is 0 Å². The average molecular weight is 241 g/mol. The lowest BCUT2D eigenvalue weighted by Gasteiger charge is -2.14. The highest BCUT2D eigenvalue weighted by atomic mass is 32.2. The summed E-state index contributed by atoms with van der Waals surface area (Å²) in [5.74, 6) is 0.0195. The van der Waals surface area contributed by atoms with Gasteiger partial charge in [0.05, 0.1) is 12.3 Å². The number of benzene rings is 1. The second-order valence-corrected chi connectivity index (χ2v) is 4.74. The van der Waals surface area contributed by atoms with E-state index in [-0.39, 0.29) is 18.3 Å². The summed E-state index contributed by atoms with van der Waals surface area (Å²) in [6.45, 7) is 0.233. The lowest BCUT2D eigenvalue weighted by atomic mass is 10.2. The lowest BCUT2D eigenvalue weighted by molar-refractivity contribution is -0.124. The zero-order chi connectivity index (χ0) is 10.8. The molecule has 78 valence electrons. The van der Waals surface area contributed by atoms with Gasteiger partial charge in [-0.1, -0.05) is 42.2 Å². The van der Waals surface area contributed by atoms with E-state index in [1.54, 1.807) is 18.2 Å². The first kappa shape index (κ1) is 10.6. The first-order chi connectivity index (χ1) is 7.18. The van der Waals surface area contributed by atoms with Crippen molar-refractivity contribution in [2.24, 2.45) is 0 Å². The van der Waals surface area contributed by atoms with Gasteiger partial charge in [-0.3, -0.25) is 9.69 Å². The fraction of sp³-hybridized carbons (Fsp3) is 0.200. The minimum absolute atomic E-state index is 0.0479. The van der Waals surface area contributed by atoms with E-state index in [1.807, 2.05) is 0 Å². The monoisotopic (exact) mass is 241 g/mol. The highest BCUT2D eigenvalue weighted by Crippen LogP contribution is 2.22. The Bertz CT molecular complexity index is 406. The molecule has 0 N–H and O–H groups in total. The molecule has 15 heavy (non-hydrogen) atoms. The molecule has 0 radical (unpaired) electrons. The Morgan fingerprint density at radius 2 is 2.20 bits per heavy atom. The summed E-state index contributed by atoms with van der Waals surface area (Å²) in [7, 11) is 0. The van der Waals surface area contributed by atoms with Crippen LogP contribution in [0.4, 0.5) is 4.39 Å². The van der Waals surface area contributed by atoms with Crippen molar-refractivity contribution in [2.45, 2.75) is 6.54 Å². The summed E-state index contributed by atoms with van der Waals surface area (Å²) in [5.41, 5.74) is 0.496. The molecule has 0 atom stereocenters. The number of nitrogens with zero attached hydrogens (tertiary/aromatic N) is 1. The molecule has 1 amide bonds. The largest absolute Gasteiger partial charge is 0.292 e. The molecule has 1 heterocycles. The van der Waals surface area contributed by atoms with Crippen molar-refractivity contribution in [3.8, 4) is 0 Å². The highest BCUT2D eigenvalue weighted by molar-refractivity contribution is 8.23. The molecule has 1 aromatic carbocycles. The van der Waals surface area contributed by atoms with Crippen molar-refractivity contribution < 1.29 is 9.18 Å². The average Bonchev–Trinajstić information content (AvgIpc) is 2.53. The van der Waals surface area contributed by atoms with Crippen LogP contribution in [0.2, 0.25) is 0 Å². The summed E-state index contributed by atoms with van der Waals surface area (Å²) in [6.07, 6.45) is 0. The Morgan fingerprint density at radius 1 is 1.47 bits per heavy atom. The van der Waals surface area contributed by atoms with Crippen molar-refractivity contribution in [2.75, 3.05) is 5.75 Å². The normalized spacial score (nSPS) is 16.2. The number of hydrogen-bond donors (Lipinski definition) is 0. The van der Waals surface area contributed by atoms with Crippen LogP contribution in [-0.4, -0.2) is 20.9 Å². The molecule has 5 heteroatoms. The topological polar surface area (TPSA) is 20.3 Å². The van der Waals surface area contributed by atoms with Gasteiger partial charge in [0, 0.05) is 5.56 Å². The first-order valence-electron chi connectivity index (χ1n) is 4.39. The van der Waals surface area contributed by atoms with Crippen LogP contribution in [0.3, 0.4) is 0 Å². The van der Waals surface area contributed by atoms with Crippen LogP contribution in [-0.2, 0) is 11.3 Å². The van der Waals surface area contributed by atoms with Gasteiger partial charge in [-0.05, 0) is 6.07 Å². The van der Waals surface area contributed by atoms with E-state index in [9.17, 15) is 9.18 Å². The highest BCUT2D eigenvalue weighted by Gasteiger charge is 2.26. The van der Waals surface area contributed by atoms with Gasteiger partial charge >= 0.3 is 0 Å². The summed E-state index contributed by atoms with van der Waals surface area (Å²) in [6, 6.07) is 6.41. The van der Waals surface area contributed by atoms with Gasteiger partial charge in [0.1, 0.15) is 10.1 Å². The van der Waals surface area contributed by atoms with E-state index in [4.69, 9.17) is 12.2 Å². The third kappa shape index (κ3) is 2.18. The maximum Gasteiger partial charge on any atom is 0.238 e. The number of carbonyl (C=O) groups is 1. The molecule has 0 bridgehead atoms. The third-order valence-corrected chi connectivity index (χ3v) is 3.56. The number of rotatable bonds is 2. The molecule has 1 aliphatic rings. The smallest absolute Gasteiger partial charge is 0.238 e. The molecule has 1 saturated heterocycles. The molecule has 0 saturated carbocycles. The van der Waals surface area contributed by atoms with Crippen LogP contribution in [0.5, 0.6) is 0 Å². The summed E-state index contributed by atoms with van der Waals surface area (Å²) < 4.78 is 13.8. The Hall–Kier alpha value is -0.940. The zero-order valence-electron chi connectivity index (χ0n) is 7.77. The molecule has 1 fully saturated rings. The fourth-order valence-corrected chi connectivity index (χ4v) is 2.40. The van der Waals surface area contributed by atoms with E-state index in [0.29, 0.717) is 15.6 Å². The number of halogens is 1. The van der Waals surface area contributed by atoms with E-state index in [2.05, 4.69) is 0 Å². The van der Waals surface area contributed by atoms with Crippen LogP contribution in [0.15, 0.2) is 24.3 Å². The van der Waals surface area contributed by atoms with Crippen LogP contribution >= 0.6 is 24.0 Å². The van der Waals surface area contributed by atoms with Crippen molar-refractivity contribution >= 4 is 34.2 Å². The maximum absolute atomic E-state index is 13.3. The minimum atomic E-state index is -0.301. The van der Waals surface area contributed by atoms with Crippen molar-refractivity contribution in [3.63, 3.8) is 0 Å². The molecule has 1 aliphatic heterocycles. The molecule has 2 rings (SSSR count). The minimum Gasteiger partial charge on any atom is -0.292 e. The number of hydrogen-bond acceptors (Lipinski definition) is 3. The SMILES string of the molecule is O=C1CSC(=S)N1Cc1ccccc1F. The van der Waals surface area contributed by atoms with Crippen LogP contribution in [0.1, 0.15) is 5.56 Å². The van der Waals surface area contributed by atoms with Gasteiger partial charge in [0.15, 0.2) is 0 Å². The van der Waals surface area contributed by atoms with Crippen LogP contribution in [0, 0.1) is 5.82 Å². The van der Waals surface area contributed by atoms with Gasteiger partial charge in [-0.25, -0.2) is 4.39 Å². The number of carbonyl (C=O) groups excluding carboxylic acids is 1. The third-order valence-electron chi connectivity index (χ3n) is 2.13. The molecular formula is C10H8FNOS2. The molecule has 0 unspecified atom stereocenters. The standard InChI is InChI=1S/C10H8FNOS2/c11-8-4-2-1-3-7(8)5-12-9(13)6-15-10(12)14/h1-4H,5-6H2. The number of amides is 1. The quantitative estimate of drug-likeness (QED) is 0.740. The molecule has 1 aromatic rings. The zero-order valence-corrected chi connectivity index (χ0v) is 9.41. The van der Waals surface area contributed by atoms with E-state index in [0.717, 1.165) is 0 Å². The van der Waals surface area contributed by atoms with Gasteiger partial charge in [-0.15, -0.1) is 0 Å². The van der Waals surface area contributed by atoms with Gasteiger partial charge < -0.3 is 0 Å². The Kier molecular flexibility index (Phi) is 3.02. The van der Waals surface area contributed by atoms with Gasteiger partial charge in [0.2, 0.25) is 5.91 Å².